The van der Waals surface area contributed by atoms with Crippen LogP contribution in [0.4, 0.5) is 4.39 Å². The van der Waals surface area contributed by atoms with Crippen LogP contribution in [0.5, 0.6) is 17.2 Å². The molecular weight excluding hydrogens is 273 g/mol. The Hall–Kier alpha value is -2.27. The largest absolute Gasteiger partial charge is 0.493 e. The van der Waals surface area contributed by atoms with Gasteiger partial charge in [-0.1, -0.05) is 18.2 Å². The molecule has 2 rings (SSSR count). The van der Waals surface area contributed by atoms with Gasteiger partial charge in [0, 0.05) is 12.1 Å². The Morgan fingerprint density at radius 1 is 1.05 bits per heavy atom. The maximum absolute atomic E-state index is 13.9. The Labute approximate surface area is 123 Å². The summed E-state index contributed by atoms with van der Waals surface area (Å²) < 4.78 is 30.0. The van der Waals surface area contributed by atoms with Gasteiger partial charge in [0.25, 0.3) is 0 Å². The number of halogens is 1. The molecule has 21 heavy (non-hydrogen) atoms. The summed E-state index contributed by atoms with van der Waals surface area (Å²) in [5.41, 5.74) is 6.66. The van der Waals surface area contributed by atoms with E-state index in [1.165, 1.54) is 20.3 Å². The third-order valence-corrected chi connectivity index (χ3v) is 3.11. The van der Waals surface area contributed by atoms with E-state index in [1.807, 2.05) is 0 Å². The molecule has 0 unspecified atom stereocenters. The molecule has 0 heterocycles. The number of hydrogen-bond donors (Lipinski definition) is 1. The number of para-hydroxylation sites is 1. The number of methoxy groups -OCH3 is 2. The average molecular weight is 291 g/mol. The molecule has 0 amide bonds. The van der Waals surface area contributed by atoms with Gasteiger partial charge in [0.2, 0.25) is 5.75 Å². The monoisotopic (exact) mass is 291 g/mol. The number of ether oxygens (including phenoxy) is 3. The van der Waals surface area contributed by atoms with Crippen molar-refractivity contribution in [3.63, 3.8) is 0 Å². The lowest BCUT2D eigenvalue weighted by molar-refractivity contribution is 0.262. The Morgan fingerprint density at radius 3 is 2.24 bits per heavy atom. The van der Waals surface area contributed by atoms with Gasteiger partial charge in [-0.2, -0.15) is 0 Å². The lowest BCUT2D eigenvalue weighted by atomic mass is 10.1. The van der Waals surface area contributed by atoms with Crippen molar-refractivity contribution in [1.29, 1.82) is 0 Å². The molecule has 0 radical (unpaired) electrons. The second-order valence-corrected chi connectivity index (χ2v) is 4.41. The topological polar surface area (TPSA) is 53.7 Å². The van der Waals surface area contributed by atoms with Gasteiger partial charge in [-0.25, -0.2) is 4.39 Å². The fourth-order valence-electron chi connectivity index (χ4n) is 1.94. The summed E-state index contributed by atoms with van der Waals surface area (Å²) in [5, 5.41) is 0. The molecule has 0 atom stereocenters. The first-order chi connectivity index (χ1) is 10.2. The van der Waals surface area contributed by atoms with Gasteiger partial charge in [0.15, 0.2) is 11.5 Å². The average Bonchev–Trinajstić information content (AvgIpc) is 2.53. The van der Waals surface area contributed by atoms with E-state index in [-0.39, 0.29) is 12.4 Å². The molecule has 0 bridgehead atoms. The van der Waals surface area contributed by atoms with Crippen molar-refractivity contribution in [2.75, 3.05) is 14.2 Å². The summed E-state index contributed by atoms with van der Waals surface area (Å²) in [4.78, 5) is 0. The smallest absolute Gasteiger partial charge is 0.203 e. The number of benzene rings is 2. The summed E-state index contributed by atoms with van der Waals surface area (Å²) in [5.74, 6) is 1.18. The van der Waals surface area contributed by atoms with Crippen LogP contribution in [0.1, 0.15) is 11.1 Å². The molecule has 5 heteroatoms. The van der Waals surface area contributed by atoms with Gasteiger partial charge >= 0.3 is 0 Å². The molecule has 4 nitrogen and oxygen atoms in total. The van der Waals surface area contributed by atoms with Crippen molar-refractivity contribution in [1.82, 2.24) is 0 Å². The van der Waals surface area contributed by atoms with Crippen LogP contribution in [0.2, 0.25) is 0 Å². The van der Waals surface area contributed by atoms with Gasteiger partial charge in [-0.15, -0.1) is 0 Å². The molecule has 112 valence electrons. The normalized spacial score (nSPS) is 10.3. The molecule has 0 spiro atoms. The molecule has 0 saturated heterocycles. The number of hydrogen-bond acceptors (Lipinski definition) is 4. The van der Waals surface area contributed by atoms with E-state index in [0.29, 0.717) is 29.4 Å². The van der Waals surface area contributed by atoms with Crippen molar-refractivity contribution in [3.05, 3.63) is 53.3 Å². The van der Waals surface area contributed by atoms with Crippen molar-refractivity contribution in [3.8, 4) is 17.2 Å². The van der Waals surface area contributed by atoms with Crippen LogP contribution in [-0.2, 0) is 13.2 Å². The van der Waals surface area contributed by atoms with Crippen LogP contribution in [-0.4, -0.2) is 14.2 Å². The standard InChI is InChI=1S/C16H18FNO3/c1-19-14-4-3-5-15(20-2)16(14)21-10-12-7-6-11(9-18)8-13(12)17/h3-8H,9-10,18H2,1-2H3. The van der Waals surface area contributed by atoms with Gasteiger partial charge < -0.3 is 19.9 Å². The summed E-state index contributed by atoms with van der Waals surface area (Å²) >= 11 is 0. The zero-order valence-corrected chi connectivity index (χ0v) is 12.1. The van der Waals surface area contributed by atoms with E-state index in [9.17, 15) is 4.39 Å². The summed E-state index contributed by atoms with van der Waals surface area (Å²) in [6, 6.07) is 10.2. The molecular formula is C16H18FNO3. The van der Waals surface area contributed by atoms with Crippen LogP contribution in [0, 0.1) is 5.82 Å². The quantitative estimate of drug-likeness (QED) is 0.889. The van der Waals surface area contributed by atoms with Crippen LogP contribution >= 0.6 is 0 Å². The summed E-state index contributed by atoms with van der Waals surface area (Å²) in [7, 11) is 3.08. The Bertz CT molecular complexity index is 594. The second kappa shape index (κ2) is 6.95. The predicted molar refractivity (Wildman–Crippen MR) is 78.2 cm³/mol. The second-order valence-electron chi connectivity index (χ2n) is 4.41. The van der Waals surface area contributed by atoms with Crippen LogP contribution in [0.3, 0.4) is 0 Å². The summed E-state index contributed by atoms with van der Waals surface area (Å²) in [6.45, 7) is 0.381. The highest BCUT2D eigenvalue weighted by Gasteiger charge is 2.12. The lowest BCUT2D eigenvalue weighted by Gasteiger charge is -2.14. The minimum Gasteiger partial charge on any atom is -0.493 e. The van der Waals surface area contributed by atoms with Crippen molar-refractivity contribution < 1.29 is 18.6 Å². The zero-order valence-electron chi connectivity index (χ0n) is 12.1. The van der Waals surface area contributed by atoms with Gasteiger partial charge in [-0.3, -0.25) is 0 Å². The fraction of sp³-hybridized carbons (Fsp3) is 0.250. The molecule has 0 fully saturated rings. The van der Waals surface area contributed by atoms with Gasteiger partial charge in [-0.05, 0) is 23.8 Å². The van der Waals surface area contributed by atoms with E-state index in [1.54, 1.807) is 30.3 Å². The predicted octanol–water partition coefficient (Wildman–Crippen LogP) is 2.88. The highest BCUT2D eigenvalue weighted by molar-refractivity contribution is 5.51. The van der Waals surface area contributed by atoms with E-state index < -0.39 is 0 Å². The fourth-order valence-corrected chi connectivity index (χ4v) is 1.94. The summed E-state index contributed by atoms with van der Waals surface area (Å²) in [6.07, 6.45) is 0. The molecule has 0 aliphatic heterocycles. The van der Waals surface area contributed by atoms with Crippen LogP contribution < -0.4 is 19.9 Å². The third-order valence-electron chi connectivity index (χ3n) is 3.11. The van der Waals surface area contributed by atoms with Crippen molar-refractivity contribution in [2.45, 2.75) is 13.2 Å². The van der Waals surface area contributed by atoms with E-state index in [4.69, 9.17) is 19.9 Å². The highest BCUT2D eigenvalue weighted by atomic mass is 19.1. The Kier molecular flexibility index (Phi) is 5.00. The zero-order chi connectivity index (χ0) is 15.2. The molecule has 0 saturated carbocycles. The van der Waals surface area contributed by atoms with E-state index in [2.05, 4.69) is 0 Å². The first kappa shape index (κ1) is 15.1. The molecule has 0 aromatic heterocycles. The van der Waals surface area contributed by atoms with E-state index >= 15 is 0 Å². The third kappa shape index (κ3) is 3.44. The maximum atomic E-state index is 13.9. The maximum Gasteiger partial charge on any atom is 0.203 e. The molecule has 0 aliphatic rings. The molecule has 2 aromatic rings. The minimum atomic E-state index is -0.341. The highest BCUT2D eigenvalue weighted by Crippen LogP contribution is 2.37. The lowest BCUT2D eigenvalue weighted by Crippen LogP contribution is -2.03. The van der Waals surface area contributed by atoms with Gasteiger partial charge in [0.05, 0.1) is 14.2 Å². The van der Waals surface area contributed by atoms with Crippen molar-refractivity contribution >= 4 is 0 Å². The van der Waals surface area contributed by atoms with Gasteiger partial charge in [0.1, 0.15) is 12.4 Å². The minimum absolute atomic E-state index is 0.0768. The first-order valence-electron chi connectivity index (χ1n) is 6.50. The Balaban J connectivity index is 2.20. The molecule has 2 N–H and O–H groups in total. The number of rotatable bonds is 6. The van der Waals surface area contributed by atoms with Crippen LogP contribution in [0.25, 0.3) is 0 Å². The first-order valence-corrected chi connectivity index (χ1v) is 6.50. The van der Waals surface area contributed by atoms with Crippen molar-refractivity contribution in [2.24, 2.45) is 5.73 Å². The molecule has 2 aromatic carbocycles. The molecule has 0 aliphatic carbocycles. The Morgan fingerprint density at radius 2 is 1.71 bits per heavy atom. The number of nitrogens with two attached hydrogens (primary N) is 1. The SMILES string of the molecule is COc1cccc(OC)c1OCc1ccc(CN)cc1F. The van der Waals surface area contributed by atoms with E-state index in [0.717, 1.165) is 5.56 Å². The van der Waals surface area contributed by atoms with Crippen LogP contribution in [0.15, 0.2) is 36.4 Å².